The molecule has 1 aromatic heterocycles. The summed E-state index contributed by atoms with van der Waals surface area (Å²) in [5.74, 6) is 1.07. The lowest BCUT2D eigenvalue weighted by molar-refractivity contribution is -0.119. The van der Waals surface area contributed by atoms with E-state index in [4.69, 9.17) is 0 Å². The molecule has 0 aromatic carbocycles. The van der Waals surface area contributed by atoms with Crippen LogP contribution >= 0.6 is 0 Å². The van der Waals surface area contributed by atoms with Crippen LogP contribution in [-0.2, 0) is 10.2 Å². The van der Waals surface area contributed by atoms with E-state index >= 15 is 0 Å². The first-order valence-electron chi connectivity index (χ1n) is 3.77. The number of carbonyl (C=O) groups is 1. The molecule has 0 aliphatic heterocycles. The van der Waals surface area contributed by atoms with Gasteiger partial charge < -0.3 is 4.98 Å². The Morgan fingerprint density at radius 3 is 2.82 bits per heavy atom. The third kappa shape index (κ3) is 0.803. The van der Waals surface area contributed by atoms with Crippen molar-refractivity contribution in [1.82, 2.24) is 9.97 Å². The highest BCUT2D eigenvalue weighted by Crippen LogP contribution is 2.47. The van der Waals surface area contributed by atoms with E-state index in [-0.39, 0.29) is 11.2 Å². The molecule has 0 spiro atoms. The summed E-state index contributed by atoms with van der Waals surface area (Å²) in [5.41, 5.74) is -0.233. The molecule has 1 heterocycles. The van der Waals surface area contributed by atoms with Gasteiger partial charge in [0.15, 0.2) is 0 Å². The molecule has 58 valence electrons. The van der Waals surface area contributed by atoms with Gasteiger partial charge in [-0.2, -0.15) is 0 Å². The van der Waals surface area contributed by atoms with Crippen LogP contribution in [0.15, 0.2) is 12.4 Å². The molecule has 0 radical (unpaired) electrons. The summed E-state index contributed by atoms with van der Waals surface area (Å²) in [7, 11) is 0. The van der Waals surface area contributed by atoms with Crippen molar-refractivity contribution >= 4 is 5.78 Å². The minimum absolute atomic E-state index is 0.229. The van der Waals surface area contributed by atoms with Crippen LogP contribution < -0.4 is 0 Å². The van der Waals surface area contributed by atoms with Crippen LogP contribution in [0.2, 0.25) is 0 Å². The summed E-state index contributed by atoms with van der Waals surface area (Å²) in [6.07, 6.45) is 5.36. The fourth-order valence-electron chi connectivity index (χ4n) is 1.41. The first-order chi connectivity index (χ1) is 5.26. The van der Waals surface area contributed by atoms with E-state index in [9.17, 15) is 4.79 Å². The maximum atomic E-state index is 11.2. The van der Waals surface area contributed by atoms with Gasteiger partial charge in [-0.05, 0) is 19.8 Å². The van der Waals surface area contributed by atoms with Crippen molar-refractivity contribution in [2.45, 2.75) is 25.2 Å². The van der Waals surface area contributed by atoms with Gasteiger partial charge in [-0.3, -0.25) is 4.79 Å². The highest BCUT2D eigenvalue weighted by atomic mass is 16.1. The highest BCUT2D eigenvalue weighted by Gasteiger charge is 2.50. The number of Topliss-reactive ketones (excluding diaryl/α,β-unsaturated/α-hetero) is 1. The monoisotopic (exact) mass is 150 g/mol. The van der Waals surface area contributed by atoms with Gasteiger partial charge in [0.05, 0.1) is 5.41 Å². The number of hydrogen-bond acceptors (Lipinski definition) is 2. The van der Waals surface area contributed by atoms with Crippen molar-refractivity contribution in [3.05, 3.63) is 18.2 Å². The number of H-pyrrole nitrogens is 1. The zero-order valence-corrected chi connectivity index (χ0v) is 6.42. The Balaban J connectivity index is 2.36. The maximum absolute atomic E-state index is 11.2. The lowest BCUT2D eigenvalue weighted by Crippen LogP contribution is -2.18. The first kappa shape index (κ1) is 6.58. The van der Waals surface area contributed by atoms with E-state index in [1.165, 1.54) is 0 Å². The zero-order chi connectivity index (χ0) is 7.90. The Hall–Kier alpha value is -1.12. The smallest absolute Gasteiger partial charge is 0.143 e. The molecular weight excluding hydrogens is 140 g/mol. The van der Waals surface area contributed by atoms with Crippen LogP contribution in [-0.4, -0.2) is 15.8 Å². The van der Waals surface area contributed by atoms with Crippen molar-refractivity contribution in [3.63, 3.8) is 0 Å². The van der Waals surface area contributed by atoms with E-state index in [0.717, 1.165) is 18.7 Å². The van der Waals surface area contributed by atoms with Crippen LogP contribution in [0, 0.1) is 0 Å². The lowest BCUT2D eigenvalue weighted by atomic mass is 10.0. The third-order valence-electron chi connectivity index (χ3n) is 2.38. The number of nitrogens with zero attached hydrogens (tertiary/aromatic N) is 1. The largest absolute Gasteiger partial charge is 0.348 e. The average molecular weight is 150 g/mol. The fraction of sp³-hybridized carbons (Fsp3) is 0.500. The van der Waals surface area contributed by atoms with E-state index in [1.807, 2.05) is 0 Å². The number of hydrogen-bond donors (Lipinski definition) is 1. The molecule has 0 saturated heterocycles. The number of carbonyl (C=O) groups excluding carboxylic acids is 1. The Bertz CT molecular complexity index is 272. The highest BCUT2D eigenvalue weighted by molar-refractivity contribution is 5.90. The molecule has 1 aromatic rings. The molecule has 0 bridgehead atoms. The summed E-state index contributed by atoms with van der Waals surface area (Å²) in [5, 5.41) is 0. The quantitative estimate of drug-likeness (QED) is 0.684. The molecule has 3 nitrogen and oxygen atoms in total. The molecule has 3 heteroatoms. The van der Waals surface area contributed by atoms with Crippen LogP contribution in [0.25, 0.3) is 0 Å². The number of rotatable bonds is 2. The van der Waals surface area contributed by atoms with E-state index in [0.29, 0.717) is 0 Å². The normalized spacial score (nSPS) is 19.7. The molecular formula is C8H10N2O. The zero-order valence-electron chi connectivity index (χ0n) is 6.42. The van der Waals surface area contributed by atoms with Gasteiger partial charge in [0, 0.05) is 12.4 Å². The molecule has 11 heavy (non-hydrogen) atoms. The van der Waals surface area contributed by atoms with Gasteiger partial charge in [-0.1, -0.05) is 0 Å². The van der Waals surface area contributed by atoms with Crippen LogP contribution in [0.3, 0.4) is 0 Å². The Morgan fingerprint density at radius 2 is 2.45 bits per heavy atom. The van der Waals surface area contributed by atoms with Crippen molar-refractivity contribution < 1.29 is 4.79 Å². The third-order valence-corrected chi connectivity index (χ3v) is 2.38. The van der Waals surface area contributed by atoms with Crippen molar-refractivity contribution in [2.75, 3.05) is 0 Å². The fourth-order valence-corrected chi connectivity index (χ4v) is 1.41. The second-order valence-corrected chi connectivity index (χ2v) is 3.08. The molecule has 1 aliphatic carbocycles. The minimum Gasteiger partial charge on any atom is -0.348 e. The van der Waals surface area contributed by atoms with E-state index in [1.54, 1.807) is 19.3 Å². The summed E-state index contributed by atoms with van der Waals surface area (Å²) < 4.78 is 0. The summed E-state index contributed by atoms with van der Waals surface area (Å²) in [4.78, 5) is 18.3. The summed E-state index contributed by atoms with van der Waals surface area (Å²) in [6, 6.07) is 0. The topological polar surface area (TPSA) is 45.8 Å². The van der Waals surface area contributed by atoms with E-state index < -0.39 is 0 Å². The predicted octanol–water partition coefficient (Wildman–Crippen LogP) is 1.03. The van der Waals surface area contributed by atoms with Crippen molar-refractivity contribution in [1.29, 1.82) is 0 Å². The van der Waals surface area contributed by atoms with Gasteiger partial charge in [0.25, 0.3) is 0 Å². The molecule has 1 saturated carbocycles. The van der Waals surface area contributed by atoms with Crippen molar-refractivity contribution in [2.24, 2.45) is 0 Å². The number of ketones is 1. The summed E-state index contributed by atoms with van der Waals surface area (Å²) in [6.45, 7) is 1.63. The van der Waals surface area contributed by atoms with Gasteiger partial charge in [-0.25, -0.2) is 4.98 Å². The van der Waals surface area contributed by atoms with Gasteiger partial charge in [-0.15, -0.1) is 0 Å². The van der Waals surface area contributed by atoms with Gasteiger partial charge >= 0.3 is 0 Å². The van der Waals surface area contributed by atoms with Crippen LogP contribution in [0.1, 0.15) is 25.6 Å². The van der Waals surface area contributed by atoms with Crippen molar-refractivity contribution in [3.8, 4) is 0 Å². The Kier molecular flexibility index (Phi) is 1.16. The molecule has 1 aliphatic rings. The molecule has 0 amide bonds. The number of imidazole rings is 1. The van der Waals surface area contributed by atoms with Gasteiger partial charge in [0.1, 0.15) is 11.6 Å². The molecule has 1 N–H and O–H groups in total. The molecule has 2 rings (SSSR count). The Morgan fingerprint density at radius 1 is 1.73 bits per heavy atom. The average Bonchev–Trinajstić information content (AvgIpc) is 2.61. The molecule has 0 unspecified atom stereocenters. The standard InChI is InChI=1S/C8H10N2O/c1-6(11)8(2-3-8)7-9-4-5-10-7/h4-5H,2-3H2,1H3,(H,9,10). The minimum atomic E-state index is -0.233. The second-order valence-electron chi connectivity index (χ2n) is 3.08. The maximum Gasteiger partial charge on any atom is 0.143 e. The second kappa shape index (κ2) is 1.94. The number of aromatic amines is 1. The number of aromatic nitrogens is 2. The van der Waals surface area contributed by atoms with Gasteiger partial charge in [0.2, 0.25) is 0 Å². The van der Waals surface area contributed by atoms with Crippen LogP contribution in [0.4, 0.5) is 0 Å². The Labute approximate surface area is 64.8 Å². The molecule has 0 atom stereocenters. The first-order valence-corrected chi connectivity index (χ1v) is 3.77. The van der Waals surface area contributed by atoms with E-state index in [2.05, 4.69) is 9.97 Å². The lowest BCUT2D eigenvalue weighted by Gasteiger charge is -2.05. The van der Waals surface area contributed by atoms with Crippen LogP contribution in [0.5, 0.6) is 0 Å². The number of nitrogens with one attached hydrogen (secondary N) is 1. The predicted molar refractivity (Wildman–Crippen MR) is 40.2 cm³/mol. The SMILES string of the molecule is CC(=O)C1(c2ncc[nH]2)CC1. The molecule has 1 fully saturated rings. The summed E-state index contributed by atoms with van der Waals surface area (Å²) >= 11 is 0.